The van der Waals surface area contributed by atoms with Crippen molar-refractivity contribution in [3.05, 3.63) is 29.8 Å². The fraction of sp³-hybridized carbons (Fsp3) is 0.533. The normalized spacial score (nSPS) is 16.6. The number of piperidine rings is 1. The van der Waals surface area contributed by atoms with Gasteiger partial charge in [0.15, 0.2) is 0 Å². The van der Waals surface area contributed by atoms with Gasteiger partial charge in [-0.3, -0.25) is 4.79 Å². The van der Waals surface area contributed by atoms with Crippen LogP contribution in [0.2, 0.25) is 0 Å². The Kier molecular flexibility index (Phi) is 5.14. The summed E-state index contributed by atoms with van der Waals surface area (Å²) in [6.07, 6.45) is 4.74. The van der Waals surface area contributed by atoms with Crippen molar-refractivity contribution < 1.29 is 9.90 Å². The number of carbonyl (C=O) groups excluding carboxylic acids is 1. The van der Waals surface area contributed by atoms with E-state index in [1.165, 1.54) is 5.56 Å². The minimum Gasteiger partial charge on any atom is -0.508 e. The Morgan fingerprint density at radius 3 is 2.53 bits per heavy atom. The van der Waals surface area contributed by atoms with E-state index in [4.69, 9.17) is 0 Å². The first kappa shape index (κ1) is 14.3. The van der Waals surface area contributed by atoms with Crippen molar-refractivity contribution in [2.75, 3.05) is 25.1 Å². The lowest BCUT2D eigenvalue weighted by atomic mass is 9.89. The van der Waals surface area contributed by atoms with Crippen molar-refractivity contribution in [2.24, 2.45) is 0 Å². The molecule has 1 heterocycles. The fourth-order valence-corrected chi connectivity index (χ4v) is 2.93. The highest BCUT2D eigenvalue weighted by molar-refractivity contribution is 7.98. The summed E-state index contributed by atoms with van der Waals surface area (Å²) in [6.45, 7) is 1.72. The van der Waals surface area contributed by atoms with E-state index in [0.717, 1.165) is 31.7 Å². The van der Waals surface area contributed by atoms with Crippen molar-refractivity contribution in [1.82, 2.24) is 4.90 Å². The third kappa shape index (κ3) is 3.90. The number of rotatable bonds is 4. The van der Waals surface area contributed by atoms with E-state index in [2.05, 4.69) is 0 Å². The molecule has 1 fully saturated rings. The molecular weight excluding hydrogens is 258 g/mol. The predicted molar refractivity (Wildman–Crippen MR) is 79.7 cm³/mol. The largest absolute Gasteiger partial charge is 0.508 e. The molecule has 104 valence electrons. The molecule has 19 heavy (non-hydrogen) atoms. The Labute approximate surface area is 119 Å². The number of aromatic hydroxyl groups is 1. The van der Waals surface area contributed by atoms with Gasteiger partial charge in [-0.1, -0.05) is 12.1 Å². The number of hydrogen-bond donors (Lipinski definition) is 1. The molecule has 2 rings (SSSR count). The summed E-state index contributed by atoms with van der Waals surface area (Å²) < 4.78 is 0. The van der Waals surface area contributed by atoms with Crippen molar-refractivity contribution in [2.45, 2.75) is 25.2 Å². The summed E-state index contributed by atoms with van der Waals surface area (Å²) in [5, 5.41) is 9.30. The van der Waals surface area contributed by atoms with Crippen LogP contribution in [-0.4, -0.2) is 41.0 Å². The summed E-state index contributed by atoms with van der Waals surface area (Å²) in [4.78, 5) is 13.9. The maximum absolute atomic E-state index is 11.9. The van der Waals surface area contributed by atoms with Gasteiger partial charge in [-0.05, 0) is 42.7 Å². The Morgan fingerprint density at radius 1 is 1.32 bits per heavy atom. The molecule has 1 aliphatic rings. The minimum absolute atomic E-state index is 0.290. The second-order valence-corrected chi connectivity index (χ2v) is 5.97. The van der Waals surface area contributed by atoms with Crippen molar-refractivity contribution >= 4 is 17.7 Å². The van der Waals surface area contributed by atoms with E-state index in [9.17, 15) is 9.90 Å². The lowest BCUT2D eigenvalue weighted by Crippen LogP contribution is -2.38. The number of phenolic OH excluding ortho intramolecular Hbond substituents is 1. The summed E-state index contributed by atoms with van der Waals surface area (Å²) in [5.74, 6) is 2.04. The van der Waals surface area contributed by atoms with E-state index in [1.807, 2.05) is 23.3 Å². The molecule has 0 bridgehead atoms. The smallest absolute Gasteiger partial charge is 0.223 e. The Balaban J connectivity index is 1.85. The standard InChI is InChI=1S/C15H21NO2S/c1-19-11-8-15(18)16-9-6-13(7-10-16)12-2-4-14(17)5-3-12/h2-5,13,17H,6-11H2,1H3. The van der Waals surface area contributed by atoms with Crippen LogP contribution < -0.4 is 0 Å². The highest BCUT2D eigenvalue weighted by atomic mass is 32.2. The van der Waals surface area contributed by atoms with Gasteiger partial charge >= 0.3 is 0 Å². The molecular formula is C15H21NO2S. The molecule has 0 aliphatic carbocycles. The summed E-state index contributed by atoms with van der Waals surface area (Å²) >= 11 is 1.72. The van der Waals surface area contributed by atoms with Crippen LogP contribution in [0.5, 0.6) is 5.75 Å². The van der Waals surface area contributed by atoms with E-state index in [-0.39, 0.29) is 0 Å². The third-order valence-corrected chi connectivity index (χ3v) is 4.34. The third-order valence-electron chi connectivity index (χ3n) is 3.73. The first-order valence-corrected chi connectivity index (χ1v) is 8.15. The van der Waals surface area contributed by atoms with Gasteiger partial charge < -0.3 is 10.0 Å². The number of likely N-dealkylation sites (tertiary alicyclic amines) is 1. The summed E-state index contributed by atoms with van der Waals surface area (Å²) in [7, 11) is 0. The highest BCUT2D eigenvalue weighted by Gasteiger charge is 2.23. The van der Waals surface area contributed by atoms with Gasteiger partial charge in [-0.15, -0.1) is 0 Å². The first-order chi connectivity index (χ1) is 9.20. The van der Waals surface area contributed by atoms with E-state index >= 15 is 0 Å². The number of amides is 1. The van der Waals surface area contributed by atoms with Crippen LogP contribution in [-0.2, 0) is 4.79 Å². The van der Waals surface area contributed by atoms with Gasteiger partial charge in [0.2, 0.25) is 5.91 Å². The molecule has 1 aliphatic heterocycles. The molecule has 1 N–H and O–H groups in total. The molecule has 0 unspecified atom stereocenters. The summed E-state index contributed by atoms with van der Waals surface area (Å²) in [5.41, 5.74) is 1.27. The van der Waals surface area contributed by atoms with Gasteiger partial charge in [0.1, 0.15) is 5.75 Å². The number of benzene rings is 1. The first-order valence-electron chi connectivity index (χ1n) is 6.76. The van der Waals surface area contributed by atoms with Gasteiger partial charge in [0.25, 0.3) is 0 Å². The van der Waals surface area contributed by atoms with Crippen LogP contribution in [0.15, 0.2) is 24.3 Å². The number of thioether (sulfide) groups is 1. The van der Waals surface area contributed by atoms with E-state index < -0.39 is 0 Å². The second kappa shape index (κ2) is 6.85. The number of carbonyl (C=O) groups is 1. The molecule has 1 aromatic carbocycles. The molecule has 0 radical (unpaired) electrons. The zero-order valence-corrected chi connectivity index (χ0v) is 12.2. The molecule has 3 nitrogen and oxygen atoms in total. The molecule has 4 heteroatoms. The monoisotopic (exact) mass is 279 g/mol. The molecule has 1 saturated heterocycles. The van der Waals surface area contributed by atoms with Gasteiger partial charge in [-0.2, -0.15) is 11.8 Å². The molecule has 0 aromatic heterocycles. The van der Waals surface area contributed by atoms with Gasteiger partial charge in [0.05, 0.1) is 0 Å². The summed E-state index contributed by atoms with van der Waals surface area (Å²) in [6, 6.07) is 7.47. The average Bonchev–Trinajstić information content (AvgIpc) is 2.46. The number of phenols is 1. The lowest BCUT2D eigenvalue weighted by molar-refractivity contribution is -0.131. The SMILES string of the molecule is CSCCC(=O)N1CCC(c2ccc(O)cc2)CC1. The Bertz CT molecular complexity index is 411. The fourth-order valence-electron chi connectivity index (χ4n) is 2.56. The zero-order chi connectivity index (χ0) is 13.7. The van der Waals surface area contributed by atoms with Crippen LogP contribution in [0.1, 0.15) is 30.7 Å². The molecule has 0 spiro atoms. The molecule has 0 saturated carbocycles. The van der Waals surface area contributed by atoms with Crippen LogP contribution in [0.3, 0.4) is 0 Å². The maximum atomic E-state index is 11.9. The number of hydrogen-bond acceptors (Lipinski definition) is 3. The van der Waals surface area contributed by atoms with Crippen LogP contribution in [0.25, 0.3) is 0 Å². The quantitative estimate of drug-likeness (QED) is 0.921. The highest BCUT2D eigenvalue weighted by Crippen LogP contribution is 2.29. The molecule has 1 aromatic rings. The topological polar surface area (TPSA) is 40.5 Å². The van der Waals surface area contributed by atoms with Crippen molar-refractivity contribution in [1.29, 1.82) is 0 Å². The van der Waals surface area contributed by atoms with Crippen molar-refractivity contribution in [3.63, 3.8) is 0 Å². The molecule has 1 amide bonds. The Morgan fingerprint density at radius 2 is 1.95 bits per heavy atom. The minimum atomic E-state index is 0.290. The predicted octanol–water partition coefficient (Wildman–Crippen LogP) is 2.85. The van der Waals surface area contributed by atoms with E-state index in [1.54, 1.807) is 23.9 Å². The van der Waals surface area contributed by atoms with Crippen LogP contribution >= 0.6 is 11.8 Å². The zero-order valence-electron chi connectivity index (χ0n) is 11.3. The molecule has 0 atom stereocenters. The van der Waals surface area contributed by atoms with Gasteiger partial charge in [0, 0.05) is 25.3 Å². The maximum Gasteiger partial charge on any atom is 0.223 e. The number of nitrogens with zero attached hydrogens (tertiary/aromatic N) is 1. The van der Waals surface area contributed by atoms with Crippen LogP contribution in [0, 0.1) is 0 Å². The van der Waals surface area contributed by atoms with E-state index in [0.29, 0.717) is 24.0 Å². The second-order valence-electron chi connectivity index (χ2n) is 4.99. The lowest BCUT2D eigenvalue weighted by Gasteiger charge is -2.32. The van der Waals surface area contributed by atoms with Crippen LogP contribution in [0.4, 0.5) is 0 Å². The average molecular weight is 279 g/mol. The van der Waals surface area contributed by atoms with Gasteiger partial charge in [-0.25, -0.2) is 0 Å². The Hall–Kier alpha value is -1.16. The van der Waals surface area contributed by atoms with Crippen molar-refractivity contribution in [3.8, 4) is 5.75 Å².